The topological polar surface area (TPSA) is 168 Å². The quantitative estimate of drug-likeness (QED) is 0.356. The second kappa shape index (κ2) is 7.26. The molecule has 0 aliphatic heterocycles. The number of H-pyrrole nitrogens is 1. The molecule has 0 fully saturated rings. The van der Waals surface area contributed by atoms with Crippen molar-refractivity contribution >= 4 is 44.7 Å². The van der Waals surface area contributed by atoms with Crippen LogP contribution in [0.1, 0.15) is 26.4 Å². The van der Waals surface area contributed by atoms with E-state index in [4.69, 9.17) is 16.0 Å². The molecule has 10 nitrogen and oxygen atoms in total. The summed E-state index contributed by atoms with van der Waals surface area (Å²) in [4.78, 5) is 30.1. The number of aryl methyl sites for hydroxylation is 3. The van der Waals surface area contributed by atoms with Crippen molar-refractivity contribution in [2.45, 2.75) is 13.8 Å². The summed E-state index contributed by atoms with van der Waals surface area (Å²) in [5, 5.41) is 15.2. The van der Waals surface area contributed by atoms with Crippen LogP contribution >= 0.6 is 11.3 Å². The summed E-state index contributed by atoms with van der Waals surface area (Å²) >= 11 is 1.03. The van der Waals surface area contributed by atoms with Crippen LogP contribution in [0.25, 0.3) is 21.5 Å². The number of nitrogen functional groups attached to an aromatic ring is 2. The lowest BCUT2D eigenvalue weighted by Crippen LogP contribution is -2.34. The number of fused-ring (bicyclic) bond motifs is 1. The maximum Gasteiger partial charge on any atom is 0.435 e. The molecule has 156 valence electrons. The summed E-state index contributed by atoms with van der Waals surface area (Å²) in [7, 11) is 1.54. The first-order valence-corrected chi connectivity index (χ1v) is 9.92. The van der Waals surface area contributed by atoms with Gasteiger partial charge in [-0.05, 0) is 36.3 Å². The summed E-state index contributed by atoms with van der Waals surface area (Å²) < 4.78 is 6.14. The molecule has 0 atom stereocenters. The lowest BCUT2D eigenvalue weighted by Gasteiger charge is -2.09. The standard InChI is InChI=1S/C20H17N7O3S/c1-8-4-5-9(2)11(6-8)24-18(28)16-14(22)13-12(15-20(29)30-26-27(15)3)10(7-21)17(23)25-19(13)31-16/h4-6H,1-3H3,(H5-,22,23,24,25,26,28,29)/p+1. The number of hydrogen-bond donors (Lipinski definition) is 4. The Morgan fingerprint density at radius 3 is 2.74 bits per heavy atom. The first-order chi connectivity index (χ1) is 14.7. The fraction of sp³-hybridized carbons (Fsp3) is 0.150. The van der Waals surface area contributed by atoms with E-state index in [0.29, 0.717) is 15.9 Å². The smallest absolute Gasteiger partial charge is 0.397 e. The Bertz CT molecular complexity index is 1470. The number of amides is 1. The number of carbonyl (C=O) groups is 1. The molecular weight excluding hydrogens is 418 g/mol. The van der Waals surface area contributed by atoms with Crippen LogP contribution in [0, 0.1) is 25.2 Å². The Balaban J connectivity index is 1.95. The second-order valence-electron chi connectivity index (χ2n) is 7.04. The van der Waals surface area contributed by atoms with Crippen molar-refractivity contribution in [3.63, 3.8) is 0 Å². The SMILES string of the molecule is Cc1ccc(C)c(NC(=O)c2sc3nc(N)c(C#N)c(-c4c(=O)o[nH][n+]4C)c3c2N)c1. The molecule has 0 saturated carbocycles. The molecule has 0 aliphatic rings. The van der Waals surface area contributed by atoms with Crippen LogP contribution < -0.4 is 27.1 Å². The van der Waals surface area contributed by atoms with Crippen LogP contribution in [0.4, 0.5) is 17.2 Å². The van der Waals surface area contributed by atoms with Crippen molar-refractivity contribution in [1.82, 2.24) is 10.3 Å². The zero-order valence-electron chi connectivity index (χ0n) is 16.9. The number of benzene rings is 1. The van der Waals surface area contributed by atoms with Gasteiger partial charge in [0.2, 0.25) is 0 Å². The van der Waals surface area contributed by atoms with Crippen molar-refractivity contribution in [1.29, 1.82) is 5.26 Å². The molecule has 3 heterocycles. The van der Waals surface area contributed by atoms with E-state index in [9.17, 15) is 14.9 Å². The summed E-state index contributed by atoms with van der Waals surface area (Å²) in [6.07, 6.45) is 0. The van der Waals surface area contributed by atoms with Gasteiger partial charge in [-0.1, -0.05) is 16.8 Å². The highest BCUT2D eigenvalue weighted by Gasteiger charge is 2.32. The van der Waals surface area contributed by atoms with Gasteiger partial charge in [-0.15, -0.1) is 11.3 Å². The minimum Gasteiger partial charge on any atom is -0.397 e. The number of nitrogens with zero attached hydrogens (tertiary/aromatic N) is 3. The van der Waals surface area contributed by atoms with Gasteiger partial charge in [0.1, 0.15) is 27.2 Å². The average molecular weight is 436 g/mol. The number of nitrogens with two attached hydrogens (primary N) is 2. The van der Waals surface area contributed by atoms with Crippen LogP contribution in [-0.4, -0.2) is 16.2 Å². The fourth-order valence-electron chi connectivity index (χ4n) is 3.35. The molecule has 31 heavy (non-hydrogen) atoms. The molecule has 4 rings (SSSR count). The molecule has 6 N–H and O–H groups in total. The van der Waals surface area contributed by atoms with E-state index in [-0.39, 0.29) is 33.2 Å². The number of thiophene rings is 1. The minimum absolute atomic E-state index is 0.0269. The lowest BCUT2D eigenvalue weighted by molar-refractivity contribution is -0.730. The number of anilines is 3. The first kappa shape index (κ1) is 20.1. The summed E-state index contributed by atoms with van der Waals surface area (Å²) in [5.74, 6) is -0.504. The van der Waals surface area contributed by atoms with Crippen LogP contribution in [0.15, 0.2) is 27.5 Å². The van der Waals surface area contributed by atoms with E-state index in [0.717, 1.165) is 22.5 Å². The lowest BCUT2D eigenvalue weighted by atomic mass is 10.0. The van der Waals surface area contributed by atoms with Gasteiger partial charge in [-0.3, -0.25) is 9.32 Å². The molecule has 3 aromatic heterocycles. The van der Waals surface area contributed by atoms with Crippen LogP contribution in [0.3, 0.4) is 0 Å². The van der Waals surface area contributed by atoms with E-state index >= 15 is 0 Å². The Morgan fingerprint density at radius 2 is 2.10 bits per heavy atom. The molecule has 0 saturated heterocycles. The van der Waals surface area contributed by atoms with Crippen LogP contribution in [0.5, 0.6) is 0 Å². The largest absolute Gasteiger partial charge is 0.435 e. The summed E-state index contributed by atoms with van der Waals surface area (Å²) in [5.41, 5.74) is 14.4. The summed E-state index contributed by atoms with van der Waals surface area (Å²) in [6, 6.07) is 7.68. The molecule has 1 amide bonds. The van der Waals surface area contributed by atoms with E-state index in [1.807, 2.05) is 38.1 Å². The number of pyridine rings is 1. The van der Waals surface area contributed by atoms with Crippen LogP contribution in [0.2, 0.25) is 0 Å². The third-order valence-corrected chi connectivity index (χ3v) is 6.00. The van der Waals surface area contributed by atoms with Crippen molar-refractivity contribution in [3.8, 4) is 17.3 Å². The van der Waals surface area contributed by atoms with Gasteiger partial charge in [0.05, 0.1) is 16.6 Å². The van der Waals surface area contributed by atoms with E-state index in [2.05, 4.69) is 15.6 Å². The number of hydrogen-bond acceptors (Lipinski definition) is 8. The zero-order chi connectivity index (χ0) is 22.4. The van der Waals surface area contributed by atoms with Crippen molar-refractivity contribution in [3.05, 3.63) is 50.2 Å². The van der Waals surface area contributed by atoms with Gasteiger partial charge in [0.25, 0.3) is 5.91 Å². The first-order valence-electron chi connectivity index (χ1n) is 9.11. The molecule has 11 heteroatoms. The molecule has 0 bridgehead atoms. The Kier molecular flexibility index (Phi) is 4.71. The predicted molar refractivity (Wildman–Crippen MR) is 117 cm³/mol. The Morgan fingerprint density at radius 1 is 1.35 bits per heavy atom. The van der Waals surface area contributed by atoms with Gasteiger partial charge in [-0.25, -0.2) is 9.78 Å². The van der Waals surface area contributed by atoms with Crippen LogP contribution in [-0.2, 0) is 7.05 Å². The molecule has 0 unspecified atom stereocenters. The van der Waals surface area contributed by atoms with Gasteiger partial charge >= 0.3 is 11.3 Å². The maximum absolute atomic E-state index is 13.0. The fourth-order valence-corrected chi connectivity index (χ4v) is 4.36. The molecule has 0 aliphatic carbocycles. The highest BCUT2D eigenvalue weighted by Crippen LogP contribution is 2.41. The number of nitrogens with one attached hydrogen (secondary N) is 2. The van der Waals surface area contributed by atoms with Gasteiger partial charge in [0.15, 0.2) is 7.05 Å². The summed E-state index contributed by atoms with van der Waals surface area (Å²) in [6.45, 7) is 3.81. The predicted octanol–water partition coefficient (Wildman–Crippen LogP) is 1.97. The highest BCUT2D eigenvalue weighted by atomic mass is 32.1. The number of aromatic amines is 1. The number of aromatic nitrogens is 3. The molecular formula is C20H18N7O3S+. The van der Waals surface area contributed by atoms with Gasteiger partial charge in [0, 0.05) is 5.69 Å². The third-order valence-electron chi connectivity index (χ3n) is 4.90. The second-order valence-corrected chi connectivity index (χ2v) is 8.04. The zero-order valence-corrected chi connectivity index (χ0v) is 17.7. The number of carbonyl (C=O) groups excluding carboxylic acids is 1. The Hall–Kier alpha value is -4.17. The third kappa shape index (κ3) is 3.19. The monoisotopic (exact) mass is 436 g/mol. The van der Waals surface area contributed by atoms with Crippen molar-refractivity contribution in [2.75, 3.05) is 16.8 Å². The van der Waals surface area contributed by atoms with Crippen molar-refractivity contribution < 1.29 is 14.0 Å². The Labute approximate surface area is 179 Å². The van der Waals surface area contributed by atoms with Gasteiger partial charge < -0.3 is 16.8 Å². The number of rotatable bonds is 3. The molecule has 0 radical (unpaired) electrons. The number of nitriles is 1. The molecule has 0 spiro atoms. The normalized spacial score (nSPS) is 10.9. The van der Waals surface area contributed by atoms with Gasteiger partial charge in [-0.2, -0.15) is 5.26 Å². The average Bonchev–Trinajstić information content (AvgIpc) is 3.22. The maximum atomic E-state index is 13.0. The highest BCUT2D eigenvalue weighted by molar-refractivity contribution is 7.21. The van der Waals surface area contributed by atoms with E-state index in [1.165, 1.54) is 4.68 Å². The van der Waals surface area contributed by atoms with E-state index in [1.54, 1.807) is 7.05 Å². The molecule has 1 aromatic carbocycles. The minimum atomic E-state index is -0.710. The van der Waals surface area contributed by atoms with Crippen molar-refractivity contribution in [2.24, 2.45) is 7.05 Å². The molecule has 4 aromatic rings. The van der Waals surface area contributed by atoms with E-state index < -0.39 is 11.5 Å².